The second kappa shape index (κ2) is 85.8. The fourth-order valence-corrected chi connectivity index (χ4v) is 14.5. The minimum Gasteiger partial charge on any atom is -0.466 e. The van der Waals surface area contributed by atoms with Crippen molar-refractivity contribution in [3.8, 4) is 0 Å². The van der Waals surface area contributed by atoms with E-state index in [-0.39, 0.29) is 18.5 Å². The summed E-state index contributed by atoms with van der Waals surface area (Å²) in [7, 11) is 0. The number of rotatable bonds is 85. The normalized spacial score (nSPS) is 12.5. The average molecular weight is 1350 g/mol. The van der Waals surface area contributed by atoms with E-state index in [9.17, 15) is 19.8 Å². The predicted molar refractivity (Wildman–Crippen MR) is 426 cm³/mol. The highest BCUT2D eigenvalue weighted by Crippen LogP contribution is 2.21. The van der Waals surface area contributed by atoms with E-state index in [4.69, 9.17) is 4.74 Å². The molecule has 0 aliphatic heterocycles. The Morgan fingerprint density at radius 3 is 0.740 bits per heavy atom. The van der Waals surface area contributed by atoms with Crippen LogP contribution in [0.25, 0.3) is 0 Å². The number of ether oxygens (including phenoxy) is 1. The van der Waals surface area contributed by atoms with Crippen molar-refractivity contribution in [2.75, 3.05) is 13.2 Å². The summed E-state index contributed by atoms with van der Waals surface area (Å²) in [4.78, 5) is 24.7. The first kappa shape index (κ1) is 94.3. The van der Waals surface area contributed by atoms with Crippen LogP contribution in [0, 0.1) is 0 Å². The van der Waals surface area contributed by atoms with Gasteiger partial charge in [0.15, 0.2) is 0 Å². The lowest BCUT2D eigenvalue weighted by Gasteiger charge is -2.22. The summed E-state index contributed by atoms with van der Waals surface area (Å²) < 4.78 is 5.52. The van der Waals surface area contributed by atoms with Crippen molar-refractivity contribution in [1.29, 1.82) is 0 Å². The molecule has 3 N–H and O–H groups in total. The Hall–Kier alpha value is -1.66. The molecule has 0 aromatic heterocycles. The van der Waals surface area contributed by atoms with Gasteiger partial charge in [-0.25, -0.2) is 0 Å². The molecule has 6 heteroatoms. The van der Waals surface area contributed by atoms with Gasteiger partial charge in [0, 0.05) is 12.8 Å². The molecule has 0 spiro atoms. The molecule has 0 saturated heterocycles. The van der Waals surface area contributed by atoms with Crippen LogP contribution in [-0.4, -0.2) is 47.4 Å². The Labute approximate surface area is 602 Å². The third-order valence-corrected chi connectivity index (χ3v) is 21.2. The van der Waals surface area contributed by atoms with E-state index in [0.717, 1.165) is 38.5 Å². The molecule has 6 nitrogen and oxygen atoms in total. The van der Waals surface area contributed by atoms with E-state index < -0.39 is 12.1 Å². The van der Waals surface area contributed by atoms with Crippen molar-refractivity contribution in [2.45, 2.75) is 527 Å². The van der Waals surface area contributed by atoms with Gasteiger partial charge < -0.3 is 20.3 Å². The van der Waals surface area contributed by atoms with Crippen LogP contribution in [0.1, 0.15) is 515 Å². The molecule has 1 amide bonds. The summed E-state index contributed by atoms with van der Waals surface area (Å²) in [6.45, 7) is 5.01. The molecular weight excluding hydrogens is 1170 g/mol. The lowest BCUT2D eigenvalue weighted by molar-refractivity contribution is -0.143. The number of carbonyl (C=O) groups is 2. The van der Waals surface area contributed by atoms with Gasteiger partial charge >= 0.3 is 5.97 Å². The molecule has 570 valence electrons. The maximum atomic E-state index is 12.6. The first-order valence-electron chi connectivity index (χ1n) is 44.6. The van der Waals surface area contributed by atoms with Crippen LogP contribution in [0.2, 0.25) is 0 Å². The zero-order valence-corrected chi connectivity index (χ0v) is 65.7. The topological polar surface area (TPSA) is 95.9 Å². The predicted octanol–water partition coefficient (Wildman–Crippen LogP) is 29.9. The summed E-state index contributed by atoms with van der Waals surface area (Å²) in [5, 5.41) is 23.5. The van der Waals surface area contributed by atoms with Crippen molar-refractivity contribution in [2.24, 2.45) is 0 Å². The number of carbonyl (C=O) groups excluding carboxylic acids is 2. The number of aliphatic hydroxyl groups excluding tert-OH is 2. The van der Waals surface area contributed by atoms with Crippen molar-refractivity contribution in [3.05, 3.63) is 24.3 Å². The number of esters is 1. The molecule has 0 aliphatic rings. The van der Waals surface area contributed by atoms with Gasteiger partial charge in [0.05, 0.1) is 25.4 Å². The molecule has 0 radical (unpaired) electrons. The number of aliphatic hydroxyl groups is 2. The van der Waals surface area contributed by atoms with Crippen molar-refractivity contribution in [3.63, 3.8) is 0 Å². The van der Waals surface area contributed by atoms with Crippen LogP contribution >= 0.6 is 0 Å². The van der Waals surface area contributed by atoms with Gasteiger partial charge in [-0.05, 0) is 77.0 Å². The van der Waals surface area contributed by atoms with Crippen molar-refractivity contribution < 1.29 is 24.5 Å². The summed E-state index contributed by atoms with van der Waals surface area (Å²) in [6.07, 6.45) is 112. The summed E-state index contributed by atoms with van der Waals surface area (Å²) >= 11 is 0. The molecule has 96 heavy (non-hydrogen) atoms. The quantitative estimate of drug-likeness (QED) is 0.0320. The molecular formula is C90H175NO5. The lowest BCUT2D eigenvalue weighted by atomic mass is 10.0. The molecule has 0 aromatic carbocycles. The standard InChI is InChI=1S/C90H175NO5/c1-3-5-7-9-11-13-15-17-19-21-23-24-44-47-50-54-58-62-66-70-74-78-82-88(93)87(86-92)91-89(94)83-79-75-71-67-63-59-55-51-48-45-42-40-38-36-34-32-30-28-26-25-27-29-31-33-35-37-39-41-43-46-49-53-57-61-65-69-73-77-81-85-96-90(95)84-80-76-72-68-64-60-56-52-22-20-18-16-14-12-10-8-6-4-2/h20,22,25-26,87-88,92-93H,3-19,21,23-24,27-86H2,1-2H3,(H,91,94)/b22-20-,26-25-. The van der Waals surface area contributed by atoms with E-state index in [1.165, 1.54) is 443 Å². The molecule has 2 unspecified atom stereocenters. The molecule has 2 atom stereocenters. The van der Waals surface area contributed by atoms with E-state index in [1.54, 1.807) is 0 Å². The Balaban J connectivity index is 3.32. The SMILES string of the molecule is CCCCCCCCC/C=C\CCCCCCCCCC(=O)OCCCCCCCCCCCCCCCCCCCC/C=C\CCCCCCCCCCCCCCCCCCCC(=O)NC(CO)C(O)CCCCCCCCCCCCCCCCCCCCCCCC. The smallest absolute Gasteiger partial charge is 0.305 e. The minimum absolute atomic E-state index is 0.0208. The third-order valence-electron chi connectivity index (χ3n) is 21.2. The first-order valence-corrected chi connectivity index (χ1v) is 44.6. The third kappa shape index (κ3) is 81.3. The first-order chi connectivity index (χ1) is 47.5. The zero-order chi connectivity index (χ0) is 69.1. The molecule has 0 fully saturated rings. The molecule has 0 saturated carbocycles. The highest BCUT2D eigenvalue weighted by Gasteiger charge is 2.20. The highest BCUT2D eigenvalue weighted by molar-refractivity contribution is 5.76. The van der Waals surface area contributed by atoms with Crippen LogP contribution < -0.4 is 5.32 Å². The second-order valence-electron chi connectivity index (χ2n) is 30.9. The van der Waals surface area contributed by atoms with Crippen LogP contribution in [0.5, 0.6) is 0 Å². The average Bonchev–Trinajstić information content (AvgIpc) is 2.36. The van der Waals surface area contributed by atoms with Gasteiger partial charge in [0.1, 0.15) is 0 Å². The highest BCUT2D eigenvalue weighted by atomic mass is 16.5. The van der Waals surface area contributed by atoms with E-state index >= 15 is 0 Å². The van der Waals surface area contributed by atoms with Gasteiger partial charge in [-0.2, -0.15) is 0 Å². The van der Waals surface area contributed by atoms with Crippen LogP contribution in [-0.2, 0) is 14.3 Å². The molecule has 0 rings (SSSR count). The van der Waals surface area contributed by atoms with Crippen LogP contribution in [0.3, 0.4) is 0 Å². The number of allylic oxidation sites excluding steroid dienone is 4. The van der Waals surface area contributed by atoms with Crippen molar-refractivity contribution >= 4 is 11.9 Å². The Morgan fingerprint density at radius 2 is 0.490 bits per heavy atom. The maximum absolute atomic E-state index is 12.6. The molecule has 0 bridgehead atoms. The molecule has 0 heterocycles. The fourth-order valence-electron chi connectivity index (χ4n) is 14.5. The zero-order valence-electron chi connectivity index (χ0n) is 65.7. The second-order valence-corrected chi connectivity index (χ2v) is 30.9. The number of unbranched alkanes of at least 4 members (excludes halogenated alkanes) is 70. The Bertz CT molecular complexity index is 1510. The van der Waals surface area contributed by atoms with E-state index in [0.29, 0.717) is 25.9 Å². The Morgan fingerprint density at radius 1 is 0.281 bits per heavy atom. The van der Waals surface area contributed by atoms with Crippen LogP contribution in [0.4, 0.5) is 0 Å². The largest absolute Gasteiger partial charge is 0.466 e. The lowest BCUT2D eigenvalue weighted by Crippen LogP contribution is -2.45. The number of hydrogen-bond acceptors (Lipinski definition) is 5. The molecule has 0 aliphatic carbocycles. The van der Waals surface area contributed by atoms with Crippen molar-refractivity contribution in [1.82, 2.24) is 5.32 Å². The van der Waals surface area contributed by atoms with Crippen LogP contribution in [0.15, 0.2) is 24.3 Å². The maximum Gasteiger partial charge on any atom is 0.305 e. The fraction of sp³-hybridized carbons (Fsp3) is 0.933. The Kier molecular flexibility index (Phi) is 84.3. The van der Waals surface area contributed by atoms with Gasteiger partial charge in [0.2, 0.25) is 5.91 Å². The summed E-state index contributed by atoms with van der Waals surface area (Å²) in [5.41, 5.74) is 0. The minimum atomic E-state index is -0.662. The number of nitrogens with one attached hydrogen (secondary N) is 1. The van der Waals surface area contributed by atoms with Gasteiger partial charge in [-0.1, -0.05) is 449 Å². The number of amides is 1. The number of hydrogen-bond donors (Lipinski definition) is 3. The summed E-state index contributed by atoms with van der Waals surface area (Å²) in [6, 6.07) is -0.539. The van der Waals surface area contributed by atoms with Gasteiger partial charge in [-0.3, -0.25) is 9.59 Å². The molecule has 0 aromatic rings. The van der Waals surface area contributed by atoms with Gasteiger partial charge in [0.25, 0.3) is 0 Å². The van der Waals surface area contributed by atoms with E-state index in [1.807, 2.05) is 0 Å². The van der Waals surface area contributed by atoms with Gasteiger partial charge in [-0.15, -0.1) is 0 Å². The van der Waals surface area contributed by atoms with E-state index in [2.05, 4.69) is 43.5 Å². The summed E-state index contributed by atoms with van der Waals surface area (Å²) in [5.74, 6) is -0.00367. The monoisotopic (exact) mass is 1350 g/mol.